The summed E-state index contributed by atoms with van der Waals surface area (Å²) < 4.78 is 39.2. The molecule has 150 valence electrons. The van der Waals surface area contributed by atoms with E-state index in [1.165, 1.54) is 12.1 Å². The van der Waals surface area contributed by atoms with Crippen molar-refractivity contribution in [2.75, 3.05) is 26.3 Å². The first-order valence-electron chi connectivity index (χ1n) is 8.92. The lowest BCUT2D eigenvalue weighted by Crippen LogP contribution is -2.47. The Hall–Kier alpha value is -1.19. The monoisotopic (exact) mass is 416 g/mol. The molecule has 2 aliphatic rings. The molecule has 1 aromatic carbocycles. The van der Waals surface area contributed by atoms with Gasteiger partial charge in [-0.05, 0) is 39.0 Å². The van der Waals surface area contributed by atoms with E-state index in [4.69, 9.17) is 21.1 Å². The van der Waals surface area contributed by atoms with Gasteiger partial charge in [0.1, 0.15) is 4.90 Å². The van der Waals surface area contributed by atoms with Gasteiger partial charge in [-0.25, -0.2) is 13.1 Å². The van der Waals surface area contributed by atoms with Crippen LogP contribution in [0.2, 0.25) is 5.02 Å². The number of rotatable bonds is 3. The molecule has 2 saturated heterocycles. The van der Waals surface area contributed by atoms with Crippen molar-refractivity contribution < 1.29 is 22.7 Å². The molecule has 3 rings (SSSR count). The number of ether oxygens (including phenoxy) is 2. The molecule has 0 atom stereocenters. The zero-order valence-corrected chi connectivity index (χ0v) is 17.3. The number of sulfonamides is 1. The van der Waals surface area contributed by atoms with Gasteiger partial charge in [0.05, 0.1) is 18.2 Å². The van der Waals surface area contributed by atoms with Crippen molar-refractivity contribution in [3.05, 3.63) is 28.8 Å². The maximum Gasteiger partial charge on any atom is 0.253 e. The highest BCUT2D eigenvalue weighted by molar-refractivity contribution is 7.89. The fourth-order valence-electron chi connectivity index (χ4n) is 3.32. The Labute approximate surface area is 165 Å². The Morgan fingerprint density at radius 1 is 1.19 bits per heavy atom. The fraction of sp³-hybridized carbons (Fsp3) is 0.611. The molecular weight excluding hydrogens is 392 g/mol. The minimum atomic E-state index is -3.85. The van der Waals surface area contributed by atoms with Crippen molar-refractivity contribution in [2.45, 2.75) is 49.8 Å². The van der Waals surface area contributed by atoms with E-state index < -0.39 is 21.3 Å². The van der Waals surface area contributed by atoms with Crippen molar-refractivity contribution in [2.24, 2.45) is 0 Å². The normalized spacial score (nSPS) is 20.2. The summed E-state index contributed by atoms with van der Waals surface area (Å²) in [6, 6.07) is 4.33. The van der Waals surface area contributed by atoms with Gasteiger partial charge in [-0.1, -0.05) is 11.6 Å². The number of hydrogen-bond donors (Lipinski definition) is 1. The Bertz CT molecular complexity index is 819. The number of carbonyl (C=O) groups is 1. The summed E-state index contributed by atoms with van der Waals surface area (Å²) >= 11 is 6.10. The van der Waals surface area contributed by atoms with Crippen LogP contribution in [0.4, 0.5) is 0 Å². The standard InChI is InChI=1S/C18H25ClN2O5S/c1-17(2,3)20-27(23,24)15-12-13(4-5-14(15)19)16(22)21-8-6-18(7-9-21)25-10-11-26-18/h4-5,12,20H,6-11H2,1-3H3. The van der Waals surface area contributed by atoms with Gasteiger partial charge in [-0.2, -0.15) is 0 Å². The van der Waals surface area contributed by atoms with E-state index >= 15 is 0 Å². The van der Waals surface area contributed by atoms with Crippen molar-refractivity contribution in [3.8, 4) is 0 Å². The second kappa shape index (κ2) is 7.33. The van der Waals surface area contributed by atoms with E-state index in [1.807, 2.05) is 0 Å². The van der Waals surface area contributed by atoms with Crippen LogP contribution in [0.15, 0.2) is 23.1 Å². The van der Waals surface area contributed by atoms with Crippen LogP contribution in [0.1, 0.15) is 44.0 Å². The molecule has 9 heteroatoms. The molecule has 2 aliphatic heterocycles. The van der Waals surface area contributed by atoms with Crippen LogP contribution in [0.3, 0.4) is 0 Å². The minimum Gasteiger partial charge on any atom is -0.347 e. The second-order valence-corrected chi connectivity index (χ2v) is 9.96. The number of hydrogen-bond acceptors (Lipinski definition) is 5. The third-order valence-corrected chi connectivity index (χ3v) is 6.77. The van der Waals surface area contributed by atoms with Crippen LogP contribution < -0.4 is 4.72 Å². The first-order valence-corrected chi connectivity index (χ1v) is 10.8. The van der Waals surface area contributed by atoms with Crippen molar-refractivity contribution in [3.63, 3.8) is 0 Å². The third-order valence-electron chi connectivity index (χ3n) is 4.53. The molecule has 1 spiro atoms. The van der Waals surface area contributed by atoms with Gasteiger partial charge < -0.3 is 14.4 Å². The van der Waals surface area contributed by atoms with Crippen LogP contribution >= 0.6 is 11.6 Å². The maximum absolute atomic E-state index is 12.9. The van der Waals surface area contributed by atoms with E-state index in [9.17, 15) is 13.2 Å². The van der Waals surface area contributed by atoms with E-state index in [2.05, 4.69) is 4.72 Å². The lowest BCUT2D eigenvalue weighted by atomic mass is 10.0. The van der Waals surface area contributed by atoms with Gasteiger partial charge in [0.15, 0.2) is 5.79 Å². The molecule has 0 radical (unpaired) electrons. The van der Waals surface area contributed by atoms with Crippen LogP contribution in [0, 0.1) is 0 Å². The molecule has 0 bridgehead atoms. The topological polar surface area (TPSA) is 84.9 Å². The van der Waals surface area contributed by atoms with Crippen LogP contribution in [0.5, 0.6) is 0 Å². The molecular formula is C18H25ClN2O5S. The summed E-state index contributed by atoms with van der Waals surface area (Å²) in [6.45, 7) is 7.35. The van der Waals surface area contributed by atoms with Gasteiger partial charge in [0, 0.05) is 37.0 Å². The SMILES string of the molecule is CC(C)(C)NS(=O)(=O)c1cc(C(=O)N2CCC3(CC2)OCCO3)ccc1Cl. The highest BCUT2D eigenvalue weighted by atomic mass is 35.5. The number of nitrogens with one attached hydrogen (secondary N) is 1. The van der Waals surface area contributed by atoms with Crippen LogP contribution in [-0.4, -0.2) is 56.9 Å². The van der Waals surface area contributed by atoms with Crippen molar-refractivity contribution >= 4 is 27.5 Å². The highest BCUT2D eigenvalue weighted by Crippen LogP contribution is 2.32. The first kappa shape index (κ1) is 20.5. The lowest BCUT2D eigenvalue weighted by molar-refractivity contribution is -0.181. The zero-order valence-electron chi connectivity index (χ0n) is 15.7. The van der Waals surface area contributed by atoms with E-state index in [0.717, 1.165) is 0 Å². The number of piperidine rings is 1. The van der Waals surface area contributed by atoms with Crippen molar-refractivity contribution in [1.29, 1.82) is 0 Å². The molecule has 1 amide bonds. The predicted molar refractivity (Wildman–Crippen MR) is 101 cm³/mol. The summed E-state index contributed by atoms with van der Waals surface area (Å²) in [5.74, 6) is -0.797. The number of carbonyl (C=O) groups excluding carboxylic acids is 1. The number of benzene rings is 1. The summed E-state index contributed by atoms with van der Waals surface area (Å²) in [5, 5.41) is 0.0775. The van der Waals surface area contributed by atoms with E-state index in [0.29, 0.717) is 39.1 Å². The lowest BCUT2D eigenvalue weighted by Gasteiger charge is -2.37. The molecule has 1 N–H and O–H groups in total. The van der Waals surface area contributed by atoms with Crippen molar-refractivity contribution in [1.82, 2.24) is 9.62 Å². The number of nitrogens with zero attached hydrogens (tertiary/aromatic N) is 1. The van der Waals surface area contributed by atoms with Gasteiger partial charge in [-0.3, -0.25) is 4.79 Å². The molecule has 0 aromatic heterocycles. The van der Waals surface area contributed by atoms with Gasteiger partial charge in [0.25, 0.3) is 5.91 Å². The quantitative estimate of drug-likeness (QED) is 0.817. The predicted octanol–water partition coefficient (Wildman–Crippen LogP) is 2.40. The van der Waals surface area contributed by atoms with Crippen LogP contribution in [0.25, 0.3) is 0 Å². The Morgan fingerprint density at radius 3 is 2.33 bits per heavy atom. The van der Waals surface area contributed by atoms with Gasteiger partial charge >= 0.3 is 0 Å². The summed E-state index contributed by atoms with van der Waals surface area (Å²) in [4.78, 5) is 14.5. The Kier molecular flexibility index (Phi) is 5.58. The first-order chi connectivity index (χ1) is 12.5. The number of likely N-dealkylation sites (tertiary alicyclic amines) is 1. The largest absolute Gasteiger partial charge is 0.347 e. The van der Waals surface area contributed by atoms with Crippen LogP contribution in [-0.2, 0) is 19.5 Å². The average molecular weight is 417 g/mol. The summed E-state index contributed by atoms with van der Waals surface area (Å²) in [6.07, 6.45) is 1.20. The number of amides is 1. The Balaban J connectivity index is 1.78. The molecule has 0 unspecified atom stereocenters. The summed E-state index contributed by atoms with van der Waals surface area (Å²) in [7, 11) is -3.85. The maximum atomic E-state index is 12.9. The molecule has 1 aromatic rings. The summed E-state index contributed by atoms with van der Waals surface area (Å²) in [5.41, 5.74) is -0.372. The molecule has 7 nitrogen and oxygen atoms in total. The molecule has 0 aliphatic carbocycles. The van der Waals surface area contributed by atoms with Gasteiger partial charge in [-0.15, -0.1) is 0 Å². The third kappa shape index (κ3) is 4.63. The van der Waals surface area contributed by atoms with E-state index in [1.54, 1.807) is 31.7 Å². The number of halogens is 1. The van der Waals surface area contributed by atoms with Gasteiger partial charge in [0.2, 0.25) is 10.0 Å². The second-order valence-electron chi connectivity index (χ2n) is 7.90. The Morgan fingerprint density at radius 2 is 1.78 bits per heavy atom. The minimum absolute atomic E-state index is 0.0775. The molecule has 27 heavy (non-hydrogen) atoms. The smallest absolute Gasteiger partial charge is 0.253 e. The molecule has 0 saturated carbocycles. The molecule has 2 fully saturated rings. The average Bonchev–Trinajstić information content (AvgIpc) is 3.01. The highest BCUT2D eigenvalue weighted by Gasteiger charge is 2.41. The zero-order chi connectivity index (χ0) is 19.9. The molecule has 2 heterocycles. The fourth-order valence-corrected chi connectivity index (χ4v) is 5.26. The van der Waals surface area contributed by atoms with E-state index in [-0.39, 0.29) is 21.4 Å².